The number of nitrogens with one attached hydrogen (secondary N) is 1. The number of hydrogen-bond acceptors (Lipinski definition) is 2. The molecule has 2 heteroatoms. The first-order valence-corrected chi connectivity index (χ1v) is 8.58. The van der Waals surface area contributed by atoms with Crippen molar-refractivity contribution in [3.05, 3.63) is 0 Å². The Bertz CT molecular complexity index is 292. The fourth-order valence-electron chi connectivity index (χ4n) is 5.07. The van der Waals surface area contributed by atoms with E-state index in [-0.39, 0.29) is 0 Å². The van der Waals surface area contributed by atoms with Crippen LogP contribution in [0.5, 0.6) is 0 Å². The summed E-state index contributed by atoms with van der Waals surface area (Å²) in [5.41, 5.74) is 0. The van der Waals surface area contributed by atoms with Crippen LogP contribution in [-0.2, 0) is 0 Å². The Balaban J connectivity index is 1.64. The van der Waals surface area contributed by atoms with Crippen molar-refractivity contribution < 1.29 is 0 Å². The average Bonchev–Trinajstić information content (AvgIpc) is 2.97. The van der Waals surface area contributed by atoms with Gasteiger partial charge in [-0.05, 0) is 68.9 Å². The highest BCUT2D eigenvalue weighted by Gasteiger charge is 2.43. The Morgan fingerprint density at radius 1 is 1.00 bits per heavy atom. The minimum atomic E-state index is 0.800. The molecule has 0 aromatic heterocycles. The maximum atomic E-state index is 3.62. The molecule has 0 amide bonds. The lowest BCUT2D eigenvalue weighted by Crippen LogP contribution is -2.49. The Morgan fingerprint density at radius 3 is 2.21 bits per heavy atom. The fraction of sp³-hybridized carbons (Fsp3) is 1.00. The topological polar surface area (TPSA) is 15.3 Å². The monoisotopic (exact) mass is 264 g/mol. The predicted molar refractivity (Wildman–Crippen MR) is 81.2 cm³/mol. The van der Waals surface area contributed by atoms with Crippen LogP contribution in [0, 0.1) is 29.6 Å². The first-order valence-electron chi connectivity index (χ1n) is 8.58. The third-order valence-corrected chi connectivity index (χ3v) is 6.07. The lowest BCUT2D eigenvalue weighted by molar-refractivity contribution is 0.0829. The number of hydrogen-bond donors (Lipinski definition) is 1. The summed E-state index contributed by atoms with van der Waals surface area (Å²) in [6.45, 7) is 12.3. The van der Waals surface area contributed by atoms with Crippen LogP contribution >= 0.6 is 0 Å². The molecule has 19 heavy (non-hydrogen) atoms. The van der Waals surface area contributed by atoms with Gasteiger partial charge in [0, 0.05) is 19.1 Å². The summed E-state index contributed by atoms with van der Waals surface area (Å²) in [7, 11) is 0. The van der Waals surface area contributed by atoms with E-state index in [1.807, 2.05) is 0 Å². The van der Waals surface area contributed by atoms with Crippen LogP contribution in [0.4, 0.5) is 0 Å². The van der Waals surface area contributed by atoms with Gasteiger partial charge in [-0.15, -0.1) is 0 Å². The molecular formula is C17H32N2. The van der Waals surface area contributed by atoms with E-state index < -0.39 is 0 Å². The molecular weight excluding hydrogens is 232 g/mol. The molecule has 0 aromatic rings. The van der Waals surface area contributed by atoms with Crippen molar-refractivity contribution in [3.63, 3.8) is 0 Å². The van der Waals surface area contributed by atoms with Gasteiger partial charge in [0.2, 0.25) is 0 Å². The number of rotatable bonds is 2. The highest BCUT2D eigenvalue weighted by atomic mass is 15.2. The quantitative estimate of drug-likeness (QED) is 0.825. The normalized spacial score (nSPS) is 45.9. The largest absolute Gasteiger partial charge is 0.316 e. The molecule has 2 saturated carbocycles. The zero-order valence-corrected chi connectivity index (χ0v) is 13.1. The van der Waals surface area contributed by atoms with E-state index in [0.717, 1.165) is 35.6 Å². The molecule has 1 heterocycles. The molecule has 3 aliphatic rings. The Labute approximate surface area is 119 Å². The van der Waals surface area contributed by atoms with Crippen LogP contribution in [0.2, 0.25) is 0 Å². The molecule has 6 unspecified atom stereocenters. The molecule has 0 radical (unpaired) electrons. The third kappa shape index (κ3) is 3.00. The summed E-state index contributed by atoms with van der Waals surface area (Å²) in [5.74, 6) is 4.76. The highest BCUT2D eigenvalue weighted by molar-refractivity contribution is 4.95. The SMILES string of the molecule is CC1CNCC(C)CN(C(C)C2CC3CCC2C3)C1. The molecule has 0 aromatic carbocycles. The minimum absolute atomic E-state index is 0.800. The van der Waals surface area contributed by atoms with E-state index in [1.165, 1.54) is 45.4 Å². The smallest absolute Gasteiger partial charge is 0.00981 e. The van der Waals surface area contributed by atoms with Crippen LogP contribution in [-0.4, -0.2) is 37.1 Å². The first kappa shape index (κ1) is 13.9. The third-order valence-electron chi connectivity index (χ3n) is 6.07. The van der Waals surface area contributed by atoms with Crippen LogP contribution in [0.15, 0.2) is 0 Å². The van der Waals surface area contributed by atoms with Crippen molar-refractivity contribution >= 4 is 0 Å². The molecule has 2 aliphatic carbocycles. The van der Waals surface area contributed by atoms with Gasteiger partial charge >= 0.3 is 0 Å². The van der Waals surface area contributed by atoms with Crippen molar-refractivity contribution in [2.24, 2.45) is 29.6 Å². The predicted octanol–water partition coefficient (Wildman–Crippen LogP) is 2.99. The molecule has 1 N–H and O–H groups in total. The van der Waals surface area contributed by atoms with Crippen molar-refractivity contribution in [2.75, 3.05) is 26.2 Å². The molecule has 1 saturated heterocycles. The molecule has 6 atom stereocenters. The second-order valence-electron chi connectivity index (χ2n) is 7.90. The van der Waals surface area contributed by atoms with Gasteiger partial charge in [-0.2, -0.15) is 0 Å². The maximum Gasteiger partial charge on any atom is 0.00981 e. The molecule has 2 bridgehead atoms. The van der Waals surface area contributed by atoms with Gasteiger partial charge in [0.25, 0.3) is 0 Å². The lowest BCUT2D eigenvalue weighted by atomic mass is 9.82. The summed E-state index contributed by atoms with van der Waals surface area (Å²) in [6, 6.07) is 0.818. The molecule has 3 fully saturated rings. The fourth-order valence-corrected chi connectivity index (χ4v) is 5.07. The summed E-state index contributed by atoms with van der Waals surface area (Å²) >= 11 is 0. The van der Waals surface area contributed by atoms with Crippen LogP contribution in [0.1, 0.15) is 46.5 Å². The second-order valence-corrected chi connectivity index (χ2v) is 7.90. The van der Waals surface area contributed by atoms with E-state index in [2.05, 4.69) is 31.0 Å². The van der Waals surface area contributed by atoms with Crippen LogP contribution in [0.25, 0.3) is 0 Å². The molecule has 0 spiro atoms. The van der Waals surface area contributed by atoms with Gasteiger partial charge in [-0.25, -0.2) is 0 Å². The first-order chi connectivity index (χ1) is 9.13. The van der Waals surface area contributed by atoms with Crippen molar-refractivity contribution in [3.8, 4) is 0 Å². The Hall–Kier alpha value is -0.0800. The minimum Gasteiger partial charge on any atom is -0.316 e. The van der Waals surface area contributed by atoms with Gasteiger partial charge in [0.05, 0.1) is 0 Å². The molecule has 3 rings (SSSR count). The second kappa shape index (κ2) is 5.73. The maximum absolute atomic E-state index is 3.62. The molecule has 110 valence electrons. The molecule has 2 nitrogen and oxygen atoms in total. The number of nitrogens with zero attached hydrogens (tertiary/aromatic N) is 1. The summed E-state index contributed by atoms with van der Waals surface area (Å²) in [4.78, 5) is 2.83. The van der Waals surface area contributed by atoms with Gasteiger partial charge in [0.15, 0.2) is 0 Å². The number of fused-ring (bicyclic) bond motifs is 2. The summed E-state index contributed by atoms with van der Waals surface area (Å²) < 4.78 is 0. The summed E-state index contributed by atoms with van der Waals surface area (Å²) in [6.07, 6.45) is 6.14. The zero-order valence-electron chi connectivity index (χ0n) is 13.1. The standard InChI is InChI=1S/C17H32N2/c1-12-8-18-9-13(2)11-19(10-12)14(3)17-7-15-4-5-16(17)6-15/h12-18H,4-11H2,1-3H3. The lowest BCUT2D eigenvalue weighted by Gasteiger charge is -2.41. The van der Waals surface area contributed by atoms with Gasteiger partial charge in [-0.1, -0.05) is 20.3 Å². The van der Waals surface area contributed by atoms with Crippen LogP contribution in [0.3, 0.4) is 0 Å². The van der Waals surface area contributed by atoms with E-state index in [9.17, 15) is 0 Å². The Morgan fingerprint density at radius 2 is 1.68 bits per heavy atom. The van der Waals surface area contributed by atoms with E-state index in [0.29, 0.717) is 0 Å². The van der Waals surface area contributed by atoms with E-state index in [1.54, 1.807) is 6.42 Å². The average molecular weight is 264 g/mol. The van der Waals surface area contributed by atoms with Crippen LogP contribution < -0.4 is 5.32 Å². The van der Waals surface area contributed by atoms with E-state index >= 15 is 0 Å². The molecule has 1 aliphatic heterocycles. The Kier molecular flexibility index (Phi) is 4.19. The summed E-state index contributed by atoms with van der Waals surface area (Å²) in [5, 5.41) is 3.62. The van der Waals surface area contributed by atoms with Gasteiger partial charge < -0.3 is 5.32 Å². The van der Waals surface area contributed by atoms with E-state index in [4.69, 9.17) is 0 Å². The van der Waals surface area contributed by atoms with Crippen molar-refractivity contribution in [1.29, 1.82) is 0 Å². The zero-order chi connectivity index (χ0) is 13.4. The van der Waals surface area contributed by atoms with Gasteiger partial charge in [-0.3, -0.25) is 4.90 Å². The van der Waals surface area contributed by atoms with Crippen molar-refractivity contribution in [1.82, 2.24) is 10.2 Å². The highest BCUT2D eigenvalue weighted by Crippen LogP contribution is 2.50. The van der Waals surface area contributed by atoms with Gasteiger partial charge in [0.1, 0.15) is 0 Å². The van der Waals surface area contributed by atoms with Crippen molar-refractivity contribution in [2.45, 2.75) is 52.5 Å².